The van der Waals surface area contributed by atoms with E-state index in [1.807, 2.05) is 87.5 Å². The van der Waals surface area contributed by atoms with Gasteiger partial charge in [-0.1, -0.05) is 83.6 Å². The Kier molecular flexibility index (Phi) is 7.31. The summed E-state index contributed by atoms with van der Waals surface area (Å²) in [6, 6.07) is 28.0. The lowest BCUT2D eigenvalue weighted by Crippen LogP contribution is -2.26. The number of esters is 1. The molecule has 0 saturated carbocycles. The molecule has 5 heteroatoms. The molecule has 0 amide bonds. The first-order valence-electron chi connectivity index (χ1n) is 9.72. The molecule has 0 fully saturated rings. The number of rotatable bonds is 7. The summed E-state index contributed by atoms with van der Waals surface area (Å²) in [7, 11) is 0. The van der Waals surface area contributed by atoms with Gasteiger partial charge in [0.15, 0.2) is 0 Å². The fourth-order valence-electron chi connectivity index (χ4n) is 2.74. The lowest BCUT2D eigenvalue weighted by molar-refractivity contribution is -0.160. The molecule has 0 radical (unpaired) electrons. The molecule has 0 spiro atoms. The van der Waals surface area contributed by atoms with Crippen LogP contribution in [0.5, 0.6) is 0 Å². The van der Waals surface area contributed by atoms with Crippen LogP contribution in [0.3, 0.4) is 0 Å². The lowest BCUT2D eigenvalue weighted by atomic mass is 10.0. The number of carbonyl (C=O) groups is 1. The van der Waals surface area contributed by atoms with Crippen LogP contribution in [0.15, 0.2) is 99.9 Å². The molecule has 0 aliphatic carbocycles. The number of hydrogen-bond acceptors (Lipinski definition) is 5. The summed E-state index contributed by atoms with van der Waals surface area (Å²) in [5.41, 5.74) is 1.94. The van der Waals surface area contributed by atoms with E-state index in [1.165, 1.54) is 0 Å². The van der Waals surface area contributed by atoms with Gasteiger partial charge in [0.05, 0.1) is 0 Å². The lowest BCUT2D eigenvalue weighted by Gasteiger charge is -2.19. The Hall–Kier alpha value is -3.05. The number of nitrogens with zero attached hydrogens (tertiary/aromatic N) is 1. The summed E-state index contributed by atoms with van der Waals surface area (Å²) < 4.78 is 5.30. The highest BCUT2D eigenvalue weighted by Gasteiger charge is 2.17. The van der Waals surface area contributed by atoms with Crippen LogP contribution in [-0.2, 0) is 14.4 Å². The highest BCUT2D eigenvalue weighted by Crippen LogP contribution is 2.31. The van der Waals surface area contributed by atoms with Crippen molar-refractivity contribution in [1.29, 1.82) is 0 Å². The molecular weight excluding hydrogens is 394 g/mol. The summed E-state index contributed by atoms with van der Waals surface area (Å²) in [5.74, 6) is -0.453. The third-order valence-electron chi connectivity index (χ3n) is 3.92. The number of hydrogen-bond donors (Lipinski definition) is 0. The average molecular weight is 420 g/mol. The topological polar surface area (TPSA) is 47.9 Å². The van der Waals surface area contributed by atoms with Crippen molar-refractivity contribution in [2.75, 3.05) is 6.61 Å². The normalized spacial score (nSPS) is 11.8. The molecule has 0 unspecified atom stereocenters. The molecule has 0 saturated heterocycles. The van der Waals surface area contributed by atoms with E-state index in [4.69, 9.17) is 9.57 Å². The molecule has 0 aliphatic rings. The Morgan fingerprint density at radius 1 is 0.867 bits per heavy atom. The molecule has 0 heterocycles. The van der Waals surface area contributed by atoms with Crippen LogP contribution in [0, 0.1) is 0 Å². The second-order valence-electron chi connectivity index (χ2n) is 7.58. The van der Waals surface area contributed by atoms with Crippen LogP contribution in [0.25, 0.3) is 0 Å². The van der Waals surface area contributed by atoms with Crippen LogP contribution < -0.4 is 0 Å². The molecular formula is C25H25NO3S. The van der Waals surface area contributed by atoms with Crippen LogP contribution in [0.4, 0.5) is 0 Å². The fourth-order valence-corrected chi connectivity index (χ4v) is 3.71. The molecule has 3 aromatic carbocycles. The Morgan fingerprint density at radius 2 is 1.47 bits per heavy atom. The molecule has 0 aliphatic heterocycles. The summed E-state index contributed by atoms with van der Waals surface area (Å²) >= 11 is 1.66. The van der Waals surface area contributed by atoms with Crippen LogP contribution >= 0.6 is 11.8 Å². The van der Waals surface area contributed by atoms with Crippen molar-refractivity contribution in [3.63, 3.8) is 0 Å². The third-order valence-corrected chi connectivity index (χ3v) is 5.00. The minimum absolute atomic E-state index is 0.248. The van der Waals surface area contributed by atoms with Gasteiger partial charge < -0.3 is 9.57 Å². The minimum atomic E-state index is -0.564. The second-order valence-corrected chi connectivity index (χ2v) is 8.69. The molecule has 30 heavy (non-hydrogen) atoms. The summed E-state index contributed by atoms with van der Waals surface area (Å²) in [4.78, 5) is 19.6. The predicted molar refractivity (Wildman–Crippen MR) is 121 cm³/mol. The summed E-state index contributed by atoms with van der Waals surface area (Å²) in [5, 5.41) is 4.34. The van der Waals surface area contributed by atoms with Crippen molar-refractivity contribution in [3.8, 4) is 0 Å². The van der Waals surface area contributed by atoms with Gasteiger partial charge in [-0.25, -0.2) is 4.79 Å². The van der Waals surface area contributed by atoms with Crippen molar-refractivity contribution in [1.82, 2.24) is 0 Å². The quantitative estimate of drug-likeness (QED) is 0.270. The van der Waals surface area contributed by atoms with Gasteiger partial charge in [0.2, 0.25) is 6.61 Å². The summed E-state index contributed by atoms with van der Waals surface area (Å²) in [6.07, 6.45) is 0. The molecule has 154 valence electrons. The zero-order valence-electron chi connectivity index (χ0n) is 17.4. The third kappa shape index (κ3) is 6.49. The van der Waals surface area contributed by atoms with Gasteiger partial charge in [0, 0.05) is 20.9 Å². The van der Waals surface area contributed by atoms with E-state index in [0.29, 0.717) is 5.71 Å². The van der Waals surface area contributed by atoms with Crippen LogP contribution in [-0.4, -0.2) is 23.9 Å². The first-order valence-corrected chi connectivity index (χ1v) is 10.5. The van der Waals surface area contributed by atoms with Gasteiger partial charge in [-0.15, -0.1) is 0 Å². The fraction of sp³-hybridized carbons (Fsp3) is 0.200. The zero-order chi connectivity index (χ0) is 21.4. The van der Waals surface area contributed by atoms with Gasteiger partial charge in [-0.3, -0.25) is 0 Å². The SMILES string of the molecule is CC(C)(C)OC(=O)CO/N=C(/c1ccccc1)c1ccccc1Sc1ccccc1. The zero-order valence-corrected chi connectivity index (χ0v) is 18.2. The molecule has 3 rings (SSSR count). The Morgan fingerprint density at radius 3 is 2.13 bits per heavy atom. The van der Waals surface area contributed by atoms with Crippen molar-refractivity contribution >= 4 is 23.4 Å². The van der Waals surface area contributed by atoms with Gasteiger partial charge in [0.1, 0.15) is 11.3 Å². The van der Waals surface area contributed by atoms with Gasteiger partial charge in [0.25, 0.3) is 0 Å². The highest BCUT2D eigenvalue weighted by molar-refractivity contribution is 7.99. The van der Waals surface area contributed by atoms with E-state index in [0.717, 1.165) is 20.9 Å². The second kappa shape index (κ2) is 10.1. The number of ether oxygens (including phenoxy) is 1. The van der Waals surface area contributed by atoms with Crippen LogP contribution in [0.2, 0.25) is 0 Å². The predicted octanol–water partition coefficient (Wildman–Crippen LogP) is 5.95. The monoisotopic (exact) mass is 419 g/mol. The van der Waals surface area contributed by atoms with Gasteiger partial charge in [-0.2, -0.15) is 0 Å². The minimum Gasteiger partial charge on any atom is -0.457 e. The largest absolute Gasteiger partial charge is 0.457 e. The number of carbonyl (C=O) groups excluding carboxylic acids is 1. The van der Waals surface area contributed by atoms with Gasteiger partial charge >= 0.3 is 5.97 Å². The maximum absolute atomic E-state index is 12.0. The number of benzene rings is 3. The van der Waals surface area contributed by atoms with Crippen molar-refractivity contribution < 1.29 is 14.4 Å². The molecule has 0 N–H and O–H groups in total. The standard InChI is InChI=1S/C25H25NO3S/c1-25(2,3)29-23(27)18-28-26-24(19-12-6-4-7-13-19)21-16-10-11-17-22(21)30-20-14-8-5-9-15-20/h4-17H,18H2,1-3H3/b26-24-. The van der Waals surface area contributed by atoms with Crippen molar-refractivity contribution in [2.45, 2.75) is 36.2 Å². The maximum atomic E-state index is 12.0. The van der Waals surface area contributed by atoms with E-state index in [2.05, 4.69) is 23.4 Å². The smallest absolute Gasteiger partial charge is 0.347 e. The van der Waals surface area contributed by atoms with E-state index < -0.39 is 11.6 Å². The molecule has 3 aromatic rings. The van der Waals surface area contributed by atoms with Crippen molar-refractivity contribution in [3.05, 3.63) is 96.1 Å². The molecule has 4 nitrogen and oxygen atoms in total. The number of oxime groups is 1. The molecule has 0 atom stereocenters. The first-order chi connectivity index (χ1) is 14.4. The van der Waals surface area contributed by atoms with Crippen molar-refractivity contribution in [2.24, 2.45) is 5.16 Å². The Labute approximate surface area is 181 Å². The van der Waals surface area contributed by atoms with E-state index in [-0.39, 0.29) is 6.61 Å². The summed E-state index contributed by atoms with van der Waals surface area (Å²) in [6.45, 7) is 5.21. The van der Waals surface area contributed by atoms with Gasteiger partial charge in [-0.05, 0) is 39.0 Å². The Balaban J connectivity index is 1.89. The highest BCUT2D eigenvalue weighted by atomic mass is 32.2. The Bertz CT molecular complexity index is 996. The average Bonchev–Trinajstić information content (AvgIpc) is 2.72. The molecule has 0 aromatic heterocycles. The first kappa shape index (κ1) is 21.7. The van der Waals surface area contributed by atoms with E-state index >= 15 is 0 Å². The van der Waals surface area contributed by atoms with E-state index in [9.17, 15) is 4.79 Å². The maximum Gasteiger partial charge on any atom is 0.347 e. The van der Waals surface area contributed by atoms with Crippen LogP contribution in [0.1, 0.15) is 31.9 Å². The van der Waals surface area contributed by atoms with E-state index in [1.54, 1.807) is 11.8 Å². The molecule has 0 bridgehead atoms.